The molecule has 0 bridgehead atoms. The summed E-state index contributed by atoms with van der Waals surface area (Å²) in [7, 11) is -3.05. The van der Waals surface area contributed by atoms with Crippen molar-refractivity contribution in [1.82, 2.24) is 0 Å². The lowest BCUT2D eigenvalue weighted by Crippen LogP contribution is -2.17. The highest BCUT2D eigenvalue weighted by molar-refractivity contribution is 7.91. The Kier molecular flexibility index (Phi) is 7.16. The standard InChI is InChI=1S/C14H21ClO4S/c1-3-9-20(16,17)10-8-19-14-12(11-15)6-5-7-13(14)18-4-2/h5-7H,3-4,8-11H2,1-2H3. The van der Waals surface area contributed by atoms with Crippen molar-refractivity contribution in [1.29, 1.82) is 0 Å². The van der Waals surface area contributed by atoms with Crippen LogP contribution in [0.2, 0.25) is 0 Å². The number of hydrogen-bond acceptors (Lipinski definition) is 4. The van der Waals surface area contributed by atoms with Gasteiger partial charge >= 0.3 is 0 Å². The van der Waals surface area contributed by atoms with E-state index in [1.165, 1.54) is 0 Å². The van der Waals surface area contributed by atoms with Gasteiger partial charge in [0, 0.05) is 5.56 Å². The SMILES string of the molecule is CCCS(=O)(=O)CCOc1c(CCl)cccc1OCC. The summed E-state index contributed by atoms with van der Waals surface area (Å²) in [5.74, 6) is 1.61. The van der Waals surface area contributed by atoms with Gasteiger partial charge in [-0.1, -0.05) is 19.1 Å². The number of rotatable bonds is 9. The van der Waals surface area contributed by atoms with Crippen molar-refractivity contribution < 1.29 is 17.9 Å². The zero-order chi connectivity index (χ0) is 15.0. The largest absolute Gasteiger partial charge is 0.490 e. The van der Waals surface area contributed by atoms with Crippen LogP contribution in [0.4, 0.5) is 0 Å². The minimum atomic E-state index is -3.05. The zero-order valence-electron chi connectivity index (χ0n) is 11.9. The van der Waals surface area contributed by atoms with Gasteiger partial charge in [-0.3, -0.25) is 0 Å². The fraction of sp³-hybridized carbons (Fsp3) is 0.571. The molecule has 0 saturated carbocycles. The van der Waals surface area contributed by atoms with Gasteiger partial charge in [0.2, 0.25) is 0 Å². The van der Waals surface area contributed by atoms with Gasteiger partial charge in [-0.05, 0) is 19.4 Å². The highest BCUT2D eigenvalue weighted by Crippen LogP contribution is 2.32. The lowest BCUT2D eigenvalue weighted by molar-refractivity contribution is 0.286. The number of alkyl halides is 1. The number of benzene rings is 1. The Morgan fingerprint density at radius 3 is 2.50 bits per heavy atom. The molecule has 0 amide bonds. The first kappa shape index (κ1) is 17.1. The Morgan fingerprint density at radius 1 is 1.15 bits per heavy atom. The lowest BCUT2D eigenvalue weighted by Gasteiger charge is -2.14. The number of sulfone groups is 1. The number of halogens is 1. The van der Waals surface area contributed by atoms with E-state index in [0.29, 0.717) is 24.5 Å². The lowest BCUT2D eigenvalue weighted by atomic mass is 10.2. The van der Waals surface area contributed by atoms with E-state index in [2.05, 4.69) is 0 Å². The summed E-state index contributed by atoms with van der Waals surface area (Å²) in [5, 5.41) is 0. The molecular formula is C14H21ClO4S. The molecule has 1 aromatic carbocycles. The number of ether oxygens (including phenoxy) is 2. The topological polar surface area (TPSA) is 52.6 Å². The monoisotopic (exact) mass is 320 g/mol. The smallest absolute Gasteiger partial charge is 0.165 e. The second kappa shape index (κ2) is 8.37. The summed E-state index contributed by atoms with van der Waals surface area (Å²) >= 11 is 5.87. The van der Waals surface area contributed by atoms with Crippen LogP contribution in [-0.4, -0.2) is 33.1 Å². The van der Waals surface area contributed by atoms with Gasteiger partial charge in [0.1, 0.15) is 6.61 Å². The quantitative estimate of drug-likeness (QED) is 0.656. The van der Waals surface area contributed by atoms with E-state index >= 15 is 0 Å². The molecular weight excluding hydrogens is 300 g/mol. The van der Waals surface area contributed by atoms with Crippen molar-refractivity contribution in [2.45, 2.75) is 26.1 Å². The molecule has 0 N–H and O–H groups in total. The van der Waals surface area contributed by atoms with Crippen LogP contribution in [-0.2, 0) is 15.7 Å². The van der Waals surface area contributed by atoms with Crippen molar-refractivity contribution in [3.63, 3.8) is 0 Å². The third-order valence-corrected chi connectivity index (χ3v) is 4.77. The Labute approximate surface area is 126 Å². The molecule has 0 aliphatic heterocycles. The Morgan fingerprint density at radius 2 is 1.90 bits per heavy atom. The predicted octanol–water partition coefficient (Wildman–Crippen LogP) is 3.03. The van der Waals surface area contributed by atoms with E-state index in [-0.39, 0.29) is 24.0 Å². The summed E-state index contributed by atoms with van der Waals surface area (Å²) in [5.41, 5.74) is 0.797. The van der Waals surface area contributed by atoms with Crippen LogP contribution in [0.15, 0.2) is 18.2 Å². The van der Waals surface area contributed by atoms with Crippen molar-refractivity contribution >= 4 is 21.4 Å². The van der Waals surface area contributed by atoms with Crippen LogP contribution in [0.5, 0.6) is 11.5 Å². The molecule has 0 saturated heterocycles. The first-order valence-electron chi connectivity index (χ1n) is 6.68. The maximum Gasteiger partial charge on any atom is 0.165 e. The Bertz CT molecular complexity index is 514. The molecule has 6 heteroatoms. The highest BCUT2D eigenvalue weighted by atomic mass is 35.5. The summed E-state index contributed by atoms with van der Waals surface area (Å²) in [4.78, 5) is 0. The molecule has 20 heavy (non-hydrogen) atoms. The van der Waals surface area contributed by atoms with Crippen molar-refractivity contribution in [2.24, 2.45) is 0 Å². The third-order valence-electron chi connectivity index (χ3n) is 2.66. The summed E-state index contributed by atoms with van der Waals surface area (Å²) in [6.07, 6.45) is 0.616. The molecule has 0 radical (unpaired) electrons. The van der Waals surface area contributed by atoms with Crippen LogP contribution in [0.3, 0.4) is 0 Å². The van der Waals surface area contributed by atoms with Gasteiger partial charge in [-0.25, -0.2) is 8.42 Å². The molecule has 0 aromatic heterocycles. The van der Waals surface area contributed by atoms with E-state index in [4.69, 9.17) is 21.1 Å². The fourth-order valence-electron chi connectivity index (χ4n) is 1.78. The molecule has 0 unspecified atom stereocenters. The van der Waals surface area contributed by atoms with Crippen molar-refractivity contribution in [3.05, 3.63) is 23.8 Å². The van der Waals surface area contributed by atoms with Crippen molar-refractivity contribution in [3.8, 4) is 11.5 Å². The first-order valence-corrected chi connectivity index (χ1v) is 9.03. The van der Waals surface area contributed by atoms with E-state index in [1.807, 2.05) is 26.0 Å². The third kappa shape index (κ3) is 5.21. The Balaban J connectivity index is 2.75. The summed E-state index contributed by atoms with van der Waals surface area (Å²) in [6, 6.07) is 5.46. The Hall–Kier alpha value is -0.940. The molecule has 1 rings (SSSR count). The van der Waals surface area contributed by atoms with Crippen LogP contribution >= 0.6 is 11.6 Å². The predicted molar refractivity (Wildman–Crippen MR) is 81.6 cm³/mol. The van der Waals surface area contributed by atoms with E-state index < -0.39 is 9.84 Å². The molecule has 0 spiro atoms. The molecule has 114 valence electrons. The van der Waals surface area contributed by atoms with Crippen molar-refractivity contribution in [2.75, 3.05) is 24.7 Å². The van der Waals surface area contributed by atoms with Crippen LogP contribution < -0.4 is 9.47 Å². The van der Waals surface area contributed by atoms with E-state index in [1.54, 1.807) is 6.07 Å². The second-order valence-electron chi connectivity index (χ2n) is 4.31. The normalized spacial score (nSPS) is 11.3. The zero-order valence-corrected chi connectivity index (χ0v) is 13.5. The van der Waals surface area contributed by atoms with Crippen LogP contribution in [0.1, 0.15) is 25.8 Å². The summed E-state index contributed by atoms with van der Waals surface area (Å²) < 4.78 is 34.4. The number of hydrogen-bond donors (Lipinski definition) is 0. The van der Waals surface area contributed by atoms with Gasteiger partial charge in [-0.15, -0.1) is 11.6 Å². The highest BCUT2D eigenvalue weighted by Gasteiger charge is 2.13. The maximum atomic E-state index is 11.6. The summed E-state index contributed by atoms with van der Waals surface area (Å²) in [6.45, 7) is 4.34. The maximum absolute atomic E-state index is 11.6. The van der Waals surface area contributed by atoms with Gasteiger partial charge in [-0.2, -0.15) is 0 Å². The fourth-order valence-corrected chi connectivity index (χ4v) is 3.16. The van der Waals surface area contributed by atoms with E-state index in [9.17, 15) is 8.42 Å². The molecule has 0 aliphatic rings. The molecule has 0 aliphatic carbocycles. The van der Waals surface area contributed by atoms with Gasteiger partial charge < -0.3 is 9.47 Å². The van der Waals surface area contributed by atoms with Crippen LogP contribution in [0, 0.1) is 0 Å². The number of para-hydroxylation sites is 1. The molecule has 0 atom stereocenters. The average Bonchev–Trinajstić information content (AvgIpc) is 2.40. The van der Waals surface area contributed by atoms with E-state index in [0.717, 1.165) is 5.56 Å². The minimum absolute atomic E-state index is 0.00300. The molecule has 0 heterocycles. The average molecular weight is 321 g/mol. The molecule has 1 aromatic rings. The van der Waals surface area contributed by atoms with Gasteiger partial charge in [0.25, 0.3) is 0 Å². The second-order valence-corrected chi connectivity index (χ2v) is 6.88. The van der Waals surface area contributed by atoms with Gasteiger partial charge in [0.15, 0.2) is 21.3 Å². The van der Waals surface area contributed by atoms with Gasteiger partial charge in [0.05, 0.1) is 24.0 Å². The molecule has 0 fully saturated rings. The van der Waals surface area contributed by atoms with Crippen LogP contribution in [0.25, 0.3) is 0 Å². The molecule has 4 nitrogen and oxygen atoms in total. The minimum Gasteiger partial charge on any atom is -0.490 e. The first-order chi connectivity index (χ1) is 9.54.